The number of hydrogen-bond acceptors (Lipinski definition) is 3. The van der Waals surface area contributed by atoms with Gasteiger partial charge < -0.3 is 15.9 Å². The van der Waals surface area contributed by atoms with Crippen molar-refractivity contribution >= 4 is 17.6 Å². The molecule has 0 fully saturated rings. The van der Waals surface area contributed by atoms with Crippen LogP contribution in [-0.2, 0) is 11.2 Å². The SMILES string of the molecule is Cc1cc(C)c(CC(N)C(=O)O)c(O)c1Cl. The Balaban J connectivity index is 3.14. The number of aryl methyl sites for hydroxylation is 2. The maximum absolute atomic E-state index is 10.6. The molecule has 0 bridgehead atoms. The molecule has 5 heteroatoms. The van der Waals surface area contributed by atoms with Crippen LogP contribution < -0.4 is 5.73 Å². The van der Waals surface area contributed by atoms with E-state index in [1.807, 2.05) is 0 Å². The summed E-state index contributed by atoms with van der Waals surface area (Å²) < 4.78 is 0. The number of rotatable bonds is 3. The van der Waals surface area contributed by atoms with Crippen LogP contribution in [0.2, 0.25) is 5.02 Å². The van der Waals surface area contributed by atoms with Crippen LogP contribution in [0.3, 0.4) is 0 Å². The predicted octanol–water partition coefficient (Wildman–Crippen LogP) is 1.62. The number of nitrogens with two attached hydrogens (primary N) is 1. The standard InChI is InChI=1S/C11H14ClNO3/c1-5-3-6(2)9(12)10(14)7(5)4-8(13)11(15)16/h3,8,14H,4,13H2,1-2H3,(H,15,16). The molecular weight excluding hydrogens is 230 g/mol. The van der Waals surface area contributed by atoms with Crippen molar-refractivity contribution in [3.8, 4) is 5.75 Å². The number of aromatic hydroxyl groups is 1. The zero-order chi connectivity index (χ0) is 12.5. The van der Waals surface area contributed by atoms with Gasteiger partial charge in [0.25, 0.3) is 0 Å². The van der Waals surface area contributed by atoms with Crippen LogP contribution in [-0.4, -0.2) is 22.2 Å². The summed E-state index contributed by atoms with van der Waals surface area (Å²) in [5.41, 5.74) is 7.45. The molecule has 1 aromatic rings. The van der Waals surface area contributed by atoms with Crippen LogP contribution in [0, 0.1) is 13.8 Å². The second-order valence-electron chi connectivity index (χ2n) is 3.80. The molecule has 0 aliphatic heterocycles. The van der Waals surface area contributed by atoms with Crippen LogP contribution in [0.5, 0.6) is 5.75 Å². The minimum atomic E-state index is -1.10. The highest BCUT2D eigenvalue weighted by Gasteiger charge is 2.18. The number of carbonyl (C=O) groups is 1. The van der Waals surface area contributed by atoms with Crippen molar-refractivity contribution in [1.82, 2.24) is 0 Å². The third kappa shape index (κ3) is 2.46. The first-order valence-electron chi connectivity index (χ1n) is 4.80. The third-order valence-corrected chi connectivity index (χ3v) is 2.97. The fourth-order valence-corrected chi connectivity index (χ4v) is 1.71. The number of carboxylic acids is 1. The van der Waals surface area contributed by atoms with Gasteiger partial charge in [-0.15, -0.1) is 0 Å². The minimum absolute atomic E-state index is 0.0625. The molecule has 0 saturated carbocycles. The summed E-state index contributed by atoms with van der Waals surface area (Å²) in [6.07, 6.45) is 0.0625. The van der Waals surface area contributed by atoms with Crippen LogP contribution in [0.4, 0.5) is 0 Å². The van der Waals surface area contributed by atoms with Gasteiger partial charge in [0, 0.05) is 12.0 Å². The lowest BCUT2D eigenvalue weighted by Gasteiger charge is -2.14. The molecule has 0 heterocycles. The molecule has 0 radical (unpaired) electrons. The van der Waals surface area contributed by atoms with E-state index in [1.165, 1.54) is 0 Å². The second kappa shape index (κ2) is 4.72. The van der Waals surface area contributed by atoms with E-state index in [9.17, 15) is 9.90 Å². The average molecular weight is 244 g/mol. The fraction of sp³-hybridized carbons (Fsp3) is 0.364. The van der Waals surface area contributed by atoms with Crippen molar-refractivity contribution in [2.45, 2.75) is 26.3 Å². The molecule has 1 atom stereocenters. The first-order valence-corrected chi connectivity index (χ1v) is 5.18. The van der Waals surface area contributed by atoms with E-state index in [-0.39, 0.29) is 17.2 Å². The zero-order valence-electron chi connectivity index (χ0n) is 9.12. The first-order chi connectivity index (χ1) is 7.34. The molecule has 1 aromatic carbocycles. The normalized spacial score (nSPS) is 12.5. The monoisotopic (exact) mass is 243 g/mol. The van der Waals surface area contributed by atoms with Gasteiger partial charge in [0.15, 0.2) is 0 Å². The molecule has 4 nitrogen and oxygen atoms in total. The van der Waals surface area contributed by atoms with Crippen molar-refractivity contribution in [3.05, 3.63) is 27.8 Å². The van der Waals surface area contributed by atoms with Gasteiger partial charge in [-0.05, 0) is 25.0 Å². The molecule has 16 heavy (non-hydrogen) atoms. The summed E-state index contributed by atoms with van der Waals surface area (Å²) in [6, 6.07) is 0.759. The van der Waals surface area contributed by atoms with Gasteiger partial charge in [-0.2, -0.15) is 0 Å². The molecule has 1 unspecified atom stereocenters. The molecule has 0 aromatic heterocycles. The Bertz CT molecular complexity index is 432. The van der Waals surface area contributed by atoms with Crippen LogP contribution in [0.25, 0.3) is 0 Å². The highest BCUT2D eigenvalue weighted by Crippen LogP contribution is 2.33. The molecule has 88 valence electrons. The van der Waals surface area contributed by atoms with Gasteiger partial charge in [0.05, 0.1) is 5.02 Å². The average Bonchev–Trinajstić information content (AvgIpc) is 2.20. The van der Waals surface area contributed by atoms with Crippen LogP contribution in [0.1, 0.15) is 16.7 Å². The Morgan fingerprint density at radius 2 is 2.06 bits per heavy atom. The Morgan fingerprint density at radius 1 is 1.50 bits per heavy atom. The van der Waals surface area contributed by atoms with Crippen molar-refractivity contribution in [2.24, 2.45) is 5.73 Å². The van der Waals surface area contributed by atoms with E-state index in [1.54, 1.807) is 19.9 Å². The summed E-state index contributed by atoms with van der Waals surface area (Å²) in [5, 5.41) is 18.8. The summed E-state index contributed by atoms with van der Waals surface area (Å²) in [4.78, 5) is 10.6. The van der Waals surface area contributed by atoms with Gasteiger partial charge in [-0.25, -0.2) is 0 Å². The molecule has 0 amide bonds. The Labute approximate surface area is 98.6 Å². The summed E-state index contributed by atoms with van der Waals surface area (Å²) in [5.74, 6) is -1.17. The molecule has 1 rings (SSSR count). The van der Waals surface area contributed by atoms with Crippen LogP contribution >= 0.6 is 11.6 Å². The molecule has 0 aliphatic carbocycles. The number of hydrogen-bond donors (Lipinski definition) is 3. The lowest BCUT2D eigenvalue weighted by atomic mass is 9.98. The summed E-state index contributed by atoms with van der Waals surface area (Å²) in [7, 11) is 0. The molecule has 0 aliphatic rings. The number of carboxylic acid groups (broad SMARTS) is 1. The maximum Gasteiger partial charge on any atom is 0.320 e. The van der Waals surface area contributed by atoms with E-state index in [0.717, 1.165) is 11.1 Å². The van der Waals surface area contributed by atoms with Gasteiger partial charge in [0.1, 0.15) is 11.8 Å². The van der Waals surface area contributed by atoms with E-state index >= 15 is 0 Å². The Hall–Kier alpha value is -1.26. The fourth-order valence-electron chi connectivity index (χ4n) is 1.55. The number of halogens is 1. The summed E-state index contributed by atoms with van der Waals surface area (Å²) in [6.45, 7) is 3.56. The molecular formula is C11H14ClNO3. The predicted molar refractivity (Wildman–Crippen MR) is 61.9 cm³/mol. The van der Waals surface area contributed by atoms with Crippen molar-refractivity contribution in [1.29, 1.82) is 0 Å². The Morgan fingerprint density at radius 3 is 2.56 bits per heavy atom. The molecule has 4 N–H and O–H groups in total. The smallest absolute Gasteiger partial charge is 0.320 e. The highest BCUT2D eigenvalue weighted by atomic mass is 35.5. The second-order valence-corrected chi connectivity index (χ2v) is 4.18. The van der Waals surface area contributed by atoms with E-state index in [4.69, 9.17) is 22.4 Å². The topological polar surface area (TPSA) is 83.6 Å². The van der Waals surface area contributed by atoms with E-state index in [0.29, 0.717) is 5.56 Å². The highest BCUT2D eigenvalue weighted by molar-refractivity contribution is 6.32. The largest absolute Gasteiger partial charge is 0.506 e. The van der Waals surface area contributed by atoms with E-state index < -0.39 is 12.0 Å². The molecule has 0 saturated heterocycles. The quantitative estimate of drug-likeness (QED) is 0.753. The van der Waals surface area contributed by atoms with Crippen molar-refractivity contribution in [3.63, 3.8) is 0 Å². The molecule has 0 spiro atoms. The van der Waals surface area contributed by atoms with Gasteiger partial charge in [-0.1, -0.05) is 17.7 Å². The number of phenols is 1. The maximum atomic E-state index is 10.6. The number of phenolic OH excluding ortho intramolecular Hbond substituents is 1. The third-order valence-electron chi connectivity index (χ3n) is 2.49. The minimum Gasteiger partial charge on any atom is -0.506 e. The zero-order valence-corrected chi connectivity index (χ0v) is 9.88. The Kier molecular flexibility index (Phi) is 3.78. The van der Waals surface area contributed by atoms with Gasteiger partial charge >= 0.3 is 5.97 Å². The number of aliphatic carboxylic acids is 1. The lowest BCUT2D eigenvalue weighted by Crippen LogP contribution is -2.32. The lowest BCUT2D eigenvalue weighted by molar-refractivity contribution is -0.138. The van der Waals surface area contributed by atoms with Gasteiger partial charge in [-0.3, -0.25) is 4.79 Å². The van der Waals surface area contributed by atoms with E-state index in [2.05, 4.69) is 0 Å². The van der Waals surface area contributed by atoms with Crippen molar-refractivity contribution < 1.29 is 15.0 Å². The van der Waals surface area contributed by atoms with Gasteiger partial charge in [0.2, 0.25) is 0 Å². The van der Waals surface area contributed by atoms with Crippen LogP contribution in [0.15, 0.2) is 6.07 Å². The first kappa shape index (κ1) is 12.8. The van der Waals surface area contributed by atoms with Crippen molar-refractivity contribution in [2.75, 3.05) is 0 Å². The number of benzene rings is 1. The summed E-state index contributed by atoms with van der Waals surface area (Å²) >= 11 is 5.88.